The van der Waals surface area contributed by atoms with Gasteiger partial charge in [0.2, 0.25) is 11.8 Å². The number of carbonyl (C=O) groups is 2. The summed E-state index contributed by atoms with van der Waals surface area (Å²) in [5.41, 5.74) is 1.08. The summed E-state index contributed by atoms with van der Waals surface area (Å²) in [6.45, 7) is 7.63. The summed E-state index contributed by atoms with van der Waals surface area (Å²) in [5.74, 6) is 0.449. The monoisotopic (exact) mass is 595 g/mol. The van der Waals surface area contributed by atoms with Crippen LogP contribution in [0.15, 0.2) is 83.8 Å². The second-order valence-electron chi connectivity index (χ2n) is 9.86. The zero-order valence-electron chi connectivity index (χ0n) is 24.9. The average molecular weight is 596 g/mol. The number of sulfonamides is 1. The molecule has 42 heavy (non-hydrogen) atoms. The molecule has 2 unspecified atom stereocenters. The quantitative estimate of drug-likeness (QED) is 0.265. The first-order valence-electron chi connectivity index (χ1n) is 14.2. The van der Waals surface area contributed by atoms with Crippen LogP contribution in [0, 0.1) is 0 Å². The zero-order chi connectivity index (χ0) is 30.7. The predicted molar refractivity (Wildman–Crippen MR) is 164 cm³/mol. The molecule has 1 N–H and O–H groups in total. The Balaban J connectivity index is 2.04. The summed E-state index contributed by atoms with van der Waals surface area (Å²) in [7, 11) is -2.57. The first-order valence-corrected chi connectivity index (χ1v) is 15.6. The number of benzene rings is 3. The fourth-order valence-electron chi connectivity index (χ4n) is 4.41. The topological polar surface area (TPSA) is 105 Å². The Hall–Kier alpha value is -4.05. The van der Waals surface area contributed by atoms with Crippen molar-refractivity contribution in [1.82, 2.24) is 10.2 Å². The van der Waals surface area contributed by atoms with E-state index in [1.807, 2.05) is 39.8 Å². The summed E-state index contributed by atoms with van der Waals surface area (Å²) < 4.78 is 39.7. The average Bonchev–Trinajstić information content (AvgIpc) is 3.00. The smallest absolute Gasteiger partial charge is 0.264 e. The van der Waals surface area contributed by atoms with Crippen molar-refractivity contribution < 1.29 is 27.5 Å². The Kier molecular flexibility index (Phi) is 11.8. The normalized spacial score (nSPS) is 12.6. The third-order valence-electron chi connectivity index (χ3n) is 6.94. The lowest BCUT2D eigenvalue weighted by Crippen LogP contribution is -2.53. The molecule has 0 bridgehead atoms. The van der Waals surface area contributed by atoms with E-state index in [0.717, 1.165) is 16.3 Å². The number of anilines is 1. The number of nitrogens with one attached hydrogen (secondary N) is 1. The van der Waals surface area contributed by atoms with Gasteiger partial charge in [0.1, 0.15) is 24.1 Å². The second kappa shape index (κ2) is 15.3. The van der Waals surface area contributed by atoms with Gasteiger partial charge < -0.3 is 19.7 Å². The van der Waals surface area contributed by atoms with Crippen LogP contribution < -0.4 is 19.1 Å². The maximum absolute atomic E-state index is 14.2. The van der Waals surface area contributed by atoms with E-state index in [4.69, 9.17) is 9.47 Å². The van der Waals surface area contributed by atoms with Gasteiger partial charge in [-0.3, -0.25) is 13.9 Å². The summed E-state index contributed by atoms with van der Waals surface area (Å²) >= 11 is 0. The molecule has 10 heteroatoms. The molecular formula is C32H41N3O6S. The van der Waals surface area contributed by atoms with Crippen LogP contribution in [0.3, 0.4) is 0 Å². The molecule has 0 radical (unpaired) electrons. The van der Waals surface area contributed by atoms with Crippen molar-refractivity contribution in [3.8, 4) is 11.5 Å². The van der Waals surface area contributed by atoms with Gasteiger partial charge in [-0.25, -0.2) is 8.42 Å². The number of amides is 2. The first kappa shape index (κ1) is 32.5. The first-order chi connectivity index (χ1) is 20.1. The molecule has 0 aliphatic heterocycles. The summed E-state index contributed by atoms with van der Waals surface area (Å²) in [4.78, 5) is 29.0. The van der Waals surface area contributed by atoms with Crippen molar-refractivity contribution in [2.45, 2.75) is 64.1 Å². The second-order valence-corrected chi connectivity index (χ2v) is 11.7. The Bertz CT molecular complexity index is 1400. The van der Waals surface area contributed by atoms with Crippen molar-refractivity contribution >= 4 is 27.5 Å². The van der Waals surface area contributed by atoms with Crippen molar-refractivity contribution in [2.24, 2.45) is 0 Å². The molecule has 0 saturated heterocycles. The van der Waals surface area contributed by atoms with Crippen LogP contribution in [-0.4, -0.2) is 57.5 Å². The lowest BCUT2D eigenvalue weighted by Gasteiger charge is -2.33. The largest absolute Gasteiger partial charge is 0.497 e. The highest BCUT2D eigenvalue weighted by molar-refractivity contribution is 7.92. The standard InChI is InChI=1S/C32H41N3O6S/c1-6-24(4)33-32(37)30(7-2)34(22-25-14-18-27(40-5)19-15-25)31(36)23-35(26-16-20-28(21-17-26)41-8-3)42(38,39)29-12-10-9-11-13-29/h9-21,24,30H,6-8,22-23H2,1-5H3,(H,33,37). The Morgan fingerprint density at radius 3 is 2.02 bits per heavy atom. The van der Waals surface area contributed by atoms with Crippen LogP contribution in [-0.2, 0) is 26.2 Å². The minimum absolute atomic E-state index is 0.0509. The molecule has 0 heterocycles. The molecule has 0 fully saturated rings. The number of methoxy groups -OCH3 is 1. The van der Waals surface area contributed by atoms with Crippen LogP contribution in [0.2, 0.25) is 0 Å². The number of rotatable bonds is 15. The van der Waals surface area contributed by atoms with Crippen molar-refractivity contribution in [2.75, 3.05) is 24.6 Å². The zero-order valence-corrected chi connectivity index (χ0v) is 25.8. The van der Waals surface area contributed by atoms with Crippen molar-refractivity contribution in [3.05, 3.63) is 84.4 Å². The molecule has 3 rings (SSSR count). The minimum Gasteiger partial charge on any atom is -0.497 e. The summed E-state index contributed by atoms with van der Waals surface area (Å²) in [5, 5.41) is 2.98. The molecule has 3 aromatic rings. The Morgan fingerprint density at radius 1 is 0.857 bits per heavy atom. The van der Waals surface area contributed by atoms with Crippen molar-refractivity contribution in [1.29, 1.82) is 0 Å². The molecular weight excluding hydrogens is 554 g/mol. The fraction of sp³-hybridized carbons (Fsp3) is 0.375. The van der Waals surface area contributed by atoms with Gasteiger partial charge in [-0.1, -0.05) is 44.2 Å². The number of nitrogens with zero attached hydrogens (tertiary/aromatic N) is 2. The molecule has 2 atom stereocenters. The van der Waals surface area contributed by atoms with E-state index in [-0.39, 0.29) is 23.4 Å². The molecule has 0 spiro atoms. The van der Waals surface area contributed by atoms with Gasteiger partial charge in [-0.15, -0.1) is 0 Å². The van der Waals surface area contributed by atoms with E-state index >= 15 is 0 Å². The highest BCUT2D eigenvalue weighted by Gasteiger charge is 2.34. The minimum atomic E-state index is -4.14. The third kappa shape index (κ3) is 8.25. The third-order valence-corrected chi connectivity index (χ3v) is 8.73. The van der Waals surface area contributed by atoms with Crippen LogP contribution in [0.4, 0.5) is 5.69 Å². The maximum Gasteiger partial charge on any atom is 0.264 e. The van der Waals surface area contributed by atoms with Gasteiger partial charge in [0, 0.05) is 12.6 Å². The van der Waals surface area contributed by atoms with Gasteiger partial charge in [-0.2, -0.15) is 0 Å². The number of carbonyl (C=O) groups excluding carboxylic acids is 2. The van der Waals surface area contributed by atoms with E-state index in [9.17, 15) is 18.0 Å². The highest BCUT2D eigenvalue weighted by Crippen LogP contribution is 2.27. The molecule has 0 aliphatic carbocycles. The van der Waals surface area contributed by atoms with E-state index in [1.54, 1.807) is 61.7 Å². The van der Waals surface area contributed by atoms with Crippen LogP contribution >= 0.6 is 0 Å². The number of hydrogen-bond donors (Lipinski definition) is 1. The van der Waals surface area contributed by atoms with E-state index in [0.29, 0.717) is 30.2 Å². The van der Waals surface area contributed by atoms with Crippen LogP contribution in [0.5, 0.6) is 11.5 Å². The summed E-state index contributed by atoms with van der Waals surface area (Å²) in [6, 6.07) is 20.8. The lowest BCUT2D eigenvalue weighted by molar-refractivity contribution is -0.140. The van der Waals surface area contributed by atoms with E-state index in [2.05, 4.69) is 5.32 Å². The summed E-state index contributed by atoms with van der Waals surface area (Å²) in [6.07, 6.45) is 1.08. The SMILES string of the molecule is CCOc1ccc(N(CC(=O)N(Cc2ccc(OC)cc2)C(CC)C(=O)NC(C)CC)S(=O)(=O)c2ccccc2)cc1. The van der Waals surface area contributed by atoms with E-state index < -0.39 is 28.5 Å². The van der Waals surface area contributed by atoms with Crippen molar-refractivity contribution in [3.63, 3.8) is 0 Å². The highest BCUT2D eigenvalue weighted by atomic mass is 32.2. The van der Waals surface area contributed by atoms with E-state index in [1.165, 1.54) is 17.0 Å². The van der Waals surface area contributed by atoms with Gasteiger partial charge in [0.05, 0.1) is 24.3 Å². The number of ether oxygens (including phenoxy) is 2. The molecule has 0 aromatic heterocycles. The molecule has 3 aromatic carbocycles. The lowest BCUT2D eigenvalue weighted by atomic mass is 10.1. The molecule has 2 amide bonds. The maximum atomic E-state index is 14.2. The van der Waals surface area contributed by atoms with Gasteiger partial charge in [-0.05, 0) is 80.8 Å². The van der Waals surface area contributed by atoms with Gasteiger partial charge >= 0.3 is 0 Å². The van der Waals surface area contributed by atoms with Gasteiger partial charge in [0.25, 0.3) is 10.0 Å². The molecule has 9 nitrogen and oxygen atoms in total. The van der Waals surface area contributed by atoms with Gasteiger partial charge in [0.15, 0.2) is 0 Å². The Labute approximate surface area is 249 Å². The molecule has 226 valence electrons. The molecule has 0 saturated carbocycles. The van der Waals surface area contributed by atoms with Crippen LogP contribution in [0.25, 0.3) is 0 Å². The fourth-order valence-corrected chi connectivity index (χ4v) is 5.85. The van der Waals surface area contributed by atoms with Crippen LogP contribution in [0.1, 0.15) is 46.1 Å². The number of hydrogen-bond acceptors (Lipinski definition) is 6. The predicted octanol–water partition coefficient (Wildman–Crippen LogP) is 5.01. The molecule has 0 aliphatic rings. The Morgan fingerprint density at radius 2 is 1.48 bits per heavy atom.